The second kappa shape index (κ2) is 9.58. The average molecular weight is 451 g/mol. The predicted molar refractivity (Wildman–Crippen MR) is 140 cm³/mol. The topological polar surface area (TPSA) is 40.5 Å². The van der Waals surface area contributed by atoms with Crippen LogP contribution in [0.2, 0.25) is 0 Å². The summed E-state index contributed by atoms with van der Waals surface area (Å²) in [6.07, 6.45) is 0. The van der Waals surface area contributed by atoms with Gasteiger partial charge >= 0.3 is 0 Å². The molecule has 4 aromatic carbocycles. The van der Waals surface area contributed by atoms with Gasteiger partial charge in [0.05, 0.1) is 0 Å². The lowest BCUT2D eigenvalue weighted by atomic mass is 9.66. The Morgan fingerprint density at radius 1 is 0.412 bits per heavy atom. The molecule has 2 unspecified atom stereocenters. The summed E-state index contributed by atoms with van der Waals surface area (Å²) in [6.45, 7) is 8.59. The van der Waals surface area contributed by atoms with E-state index >= 15 is 0 Å². The molecule has 0 aliphatic heterocycles. The van der Waals surface area contributed by atoms with Crippen molar-refractivity contribution >= 4 is 0 Å². The zero-order chi connectivity index (χ0) is 24.3. The minimum Gasteiger partial charge on any atom is -0.377 e. The normalized spacial score (nSPS) is 15.2. The van der Waals surface area contributed by atoms with Gasteiger partial charge in [-0.05, 0) is 45.2 Å². The number of aliphatic hydroxyl groups is 2. The third kappa shape index (κ3) is 4.09. The third-order valence-electron chi connectivity index (χ3n) is 6.90. The lowest BCUT2D eigenvalue weighted by Gasteiger charge is -2.45. The Bertz CT molecular complexity index is 1100. The molecule has 0 spiro atoms. The molecule has 0 aliphatic rings. The van der Waals surface area contributed by atoms with Gasteiger partial charge in [-0.25, -0.2) is 0 Å². The van der Waals surface area contributed by atoms with Gasteiger partial charge in [0.25, 0.3) is 0 Å². The minimum atomic E-state index is -1.73. The highest BCUT2D eigenvalue weighted by atomic mass is 16.4. The van der Waals surface area contributed by atoms with Crippen LogP contribution < -0.4 is 0 Å². The molecular weight excluding hydrogens is 416 g/mol. The van der Waals surface area contributed by atoms with Crippen LogP contribution in [0.4, 0.5) is 0 Å². The molecule has 0 amide bonds. The van der Waals surface area contributed by atoms with Gasteiger partial charge < -0.3 is 10.2 Å². The fourth-order valence-electron chi connectivity index (χ4n) is 4.75. The first kappa shape index (κ1) is 23.9. The van der Waals surface area contributed by atoms with Crippen LogP contribution in [0, 0.1) is 0 Å². The summed E-state index contributed by atoms with van der Waals surface area (Å²) in [6, 6.07) is 34.9. The SMILES string of the molecule is CC(C)c1ccc(C(O)(c2ccccc2)C(O)(c2ccccc2)c2ccc(C(C)C)cc2)cc1. The molecule has 0 radical (unpaired) electrons. The lowest BCUT2D eigenvalue weighted by molar-refractivity contribution is -0.113. The van der Waals surface area contributed by atoms with E-state index in [4.69, 9.17) is 0 Å². The highest BCUT2D eigenvalue weighted by molar-refractivity contribution is 5.51. The van der Waals surface area contributed by atoms with Crippen molar-refractivity contribution in [3.63, 3.8) is 0 Å². The number of hydrogen-bond acceptors (Lipinski definition) is 2. The Morgan fingerprint density at radius 2 is 0.676 bits per heavy atom. The molecule has 0 aromatic heterocycles. The predicted octanol–water partition coefficient (Wildman–Crippen LogP) is 7.11. The standard InChI is InChI=1S/C32H34O2/c1-23(2)25-15-19-29(20-16-25)31(33,27-11-7-5-8-12-27)32(34,28-13-9-6-10-14-28)30-21-17-26(18-22-30)24(3)4/h5-24,33-34H,1-4H3. The van der Waals surface area contributed by atoms with Gasteiger partial charge in [-0.3, -0.25) is 0 Å². The van der Waals surface area contributed by atoms with Crippen LogP contribution in [0.3, 0.4) is 0 Å². The largest absolute Gasteiger partial charge is 0.377 e. The first-order valence-corrected chi connectivity index (χ1v) is 12.0. The number of rotatable bonds is 7. The van der Waals surface area contributed by atoms with Crippen LogP contribution in [0.1, 0.15) is 72.9 Å². The van der Waals surface area contributed by atoms with E-state index in [1.54, 1.807) is 0 Å². The van der Waals surface area contributed by atoms with Crippen molar-refractivity contribution in [2.75, 3.05) is 0 Å². The van der Waals surface area contributed by atoms with Crippen LogP contribution in [0.15, 0.2) is 109 Å². The molecule has 2 N–H and O–H groups in total. The Morgan fingerprint density at radius 3 is 0.941 bits per heavy atom. The molecule has 2 heteroatoms. The van der Waals surface area contributed by atoms with Crippen molar-refractivity contribution in [2.45, 2.75) is 50.7 Å². The Kier molecular flexibility index (Phi) is 6.74. The minimum absolute atomic E-state index is 0.371. The monoisotopic (exact) mass is 450 g/mol. The first-order chi connectivity index (χ1) is 16.3. The summed E-state index contributed by atoms with van der Waals surface area (Å²) < 4.78 is 0. The van der Waals surface area contributed by atoms with Crippen LogP contribution in [-0.4, -0.2) is 10.2 Å². The van der Waals surface area contributed by atoms with Crippen LogP contribution >= 0.6 is 0 Å². The van der Waals surface area contributed by atoms with Gasteiger partial charge in [0.2, 0.25) is 0 Å². The van der Waals surface area contributed by atoms with E-state index in [2.05, 4.69) is 27.7 Å². The lowest BCUT2D eigenvalue weighted by Crippen LogP contribution is -2.51. The van der Waals surface area contributed by atoms with Gasteiger partial charge in [0.15, 0.2) is 11.2 Å². The maximum absolute atomic E-state index is 12.7. The highest BCUT2D eigenvalue weighted by Crippen LogP contribution is 2.49. The highest BCUT2D eigenvalue weighted by Gasteiger charge is 2.54. The van der Waals surface area contributed by atoms with E-state index < -0.39 is 11.2 Å². The smallest absolute Gasteiger partial charge is 0.152 e. The van der Waals surface area contributed by atoms with E-state index in [0.717, 1.165) is 0 Å². The second-order valence-corrected chi connectivity index (χ2v) is 9.71. The van der Waals surface area contributed by atoms with Crippen molar-refractivity contribution in [3.05, 3.63) is 143 Å². The van der Waals surface area contributed by atoms with Crippen molar-refractivity contribution in [1.29, 1.82) is 0 Å². The maximum Gasteiger partial charge on any atom is 0.152 e. The van der Waals surface area contributed by atoms with Crippen molar-refractivity contribution < 1.29 is 10.2 Å². The molecule has 0 saturated heterocycles. The summed E-state index contributed by atoms with van der Waals surface area (Å²) in [7, 11) is 0. The summed E-state index contributed by atoms with van der Waals surface area (Å²) in [5.74, 6) is 0.742. The summed E-state index contributed by atoms with van der Waals surface area (Å²) in [4.78, 5) is 0. The molecule has 0 fully saturated rings. The quantitative estimate of drug-likeness (QED) is 0.315. The van der Waals surface area contributed by atoms with Crippen molar-refractivity contribution in [1.82, 2.24) is 0 Å². The van der Waals surface area contributed by atoms with Gasteiger partial charge in [-0.15, -0.1) is 0 Å². The molecule has 0 heterocycles. The van der Waals surface area contributed by atoms with E-state index in [1.165, 1.54) is 11.1 Å². The fraction of sp³-hybridized carbons (Fsp3) is 0.250. The Labute approximate surface area is 203 Å². The van der Waals surface area contributed by atoms with Gasteiger partial charge in [0.1, 0.15) is 0 Å². The second-order valence-electron chi connectivity index (χ2n) is 9.71. The van der Waals surface area contributed by atoms with Crippen molar-refractivity contribution in [3.8, 4) is 0 Å². The molecule has 4 rings (SSSR count). The third-order valence-corrected chi connectivity index (χ3v) is 6.90. The average Bonchev–Trinajstić information content (AvgIpc) is 2.88. The molecule has 0 bridgehead atoms. The van der Waals surface area contributed by atoms with Crippen LogP contribution in [0.25, 0.3) is 0 Å². The Hall–Kier alpha value is -3.20. The Balaban J connectivity index is 2.03. The summed E-state index contributed by atoms with van der Waals surface area (Å²) in [5, 5.41) is 25.5. The van der Waals surface area contributed by atoms with E-state index in [9.17, 15) is 10.2 Å². The molecule has 2 nitrogen and oxygen atoms in total. The zero-order valence-electron chi connectivity index (χ0n) is 20.4. The summed E-state index contributed by atoms with van der Waals surface area (Å²) >= 11 is 0. The molecule has 0 aliphatic carbocycles. The van der Waals surface area contributed by atoms with E-state index in [-0.39, 0.29) is 0 Å². The van der Waals surface area contributed by atoms with Gasteiger partial charge in [-0.1, -0.05) is 137 Å². The molecule has 0 saturated carbocycles. The van der Waals surface area contributed by atoms with E-state index in [0.29, 0.717) is 34.1 Å². The number of benzene rings is 4. The molecule has 34 heavy (non-hydrogen) atoms. The molecular formula is C32H34O2. The van der Waals surface area contributed by atoms with Gasteiger partial charge in [-0.2, -0.15) is 0 Å². The van der Waals surface area contributed by atoms with Crippen LogP contribution in [0.5, 0.6) is 0 Å². The summed E-state index contributed by atoms with van der Waals surface area (Å²) in [5.41, 5.74) is 1.45. The van der Waals surface area contributed by atoms with Crippen molar-refractivity contribution in [2.24, 2.45) is 0 Å². The van der Waals surface area contributed by atoms with Crippen LogP contribution in [-0.2, 0) is 11.2 Å². The first-order valence-electron chi connectivity index (χ1n) is 12.0. The fourth-order valence-corrected chi connectivity index (χ4v) is 4.75. The molecule has 4 aromatic rings. The zero-order valence-corrected chi connectivity index (χ0v) is 20.4. The van der Waals surface area contributed by atoms with E-state index in [1.807, 2.05) is 109 Å². The van der Waals surface area contributed by atoms with Gasteiger partial charge in [0, 0.05) is 0 Å². The molecule has 2 atom stereocenters. The number of hydrogen-bond donors (Lipinski definition) is 2. The molecule has 174 valence electrons. The maximum atomic E-state index is 12.7.